The smallest absolute Gasteiger partial charge is 0.384 e. The van der Waals surface area contributed by atoms with Crippen LogP contribution in [0.3, 0.4) is 0 Å². The van der Waals surface area contributed by atoms with E-state index in [0.29, 0.717) is 48.6 Å². The number of rotatable bonds is 6. The fraction of sp³-hybridized carbons (Fsp3) is 0.458. The van der Waals surface area contributed by atoms with Gasteiger partial charge in [0.1, 0.15) is 11.4 Å². The van der Waals surface area contributed by atoms with Gasteiger partial charge >= 0.3 is 6.18 Å². The lowest BCUT2D eigenvalue weighted by Gasteiger charge is -2.51. The minimum Gasteiger partial charge on any atom is -0.384 e. The van der Waals surface area contributed by atoms with Gasteiger partial charge in [-0.25, -0.2) is 4.98 Å². The van der Waals surface area contributed by atoms with Gasteiger partial charge in [-0.1, -0.05) is 6.07 Å². The monoisotopic (exact) mass is 505 g/mol. The number of aliphatic hydroxyl groups is 1. The minimum atomic E-state index is -4.48. The molecule has 0 unspecified atom stereocenters. The number of primary amides is 1. The van der Waals surface area contributed by atoms with Gasteiger partial charge < -0.3 is 15.7 Å². The molecule has 1 saturated heterocycles. The highest BCUT2D eigenvalue weighted by atomic mass is 32.1. The Balaban J connectivity index is 1.32. The van der Waals surface area contributed by atoms with Gasteiger partial charge in [0, 0.05) is 36.9 Å². The number of carbonyl (C=O) groups excluding carboxylic acids is 1. The van der Waals surface area contributed by atoms with Crippen molar-refractivity contribution in [3.63, 3.8) is 0 Å². The van der Waals surface area contributed by atoms with Crippen molar-refractivity contribution in [2.75, 3.05) is 24.5 Å². The van der Waals surface area contributed by atoms with E-state index in [2.05, 4.69) is 14.9 Å². The van der Waals surface area contributed by atoms with Crippen LogP contribution < -0.4 is 10.6 Å². The van der Waals surface area contributed by atoms with Crippen molar-refractivity contribution in [3.8, 4) is 0 Å². The molecule has 186 valence electrons. The first-order valence-electron chi connectivity index (χ1n) is 11.5. The largest absolute Gasteiger partial charge is 0.416 e. The number of hydrogen-bond acceptors (Lipinski definition) is 7. The van der Waals surface area contributed by atoms with Crippen molar-refractivity contribution in [2.24, 2.45) is 5.73 Å². The van der Waals surface area contributed by atoms with Gasteiger partial charge in [0.25, 0.3) is 0 Å². The minimum absolute atomic E-state index is 0.0996. The van der Waals surface area contributed by atoms with Crippen molar-refractivity contribution in [1.29, 1.82) is 0 Å². The Labute approximate surface area is 204 Å². The molecule has 2 aromatic heterocycles. The van der Waals surface area contributed by atoms with E-state index >= 15 is 0 Å². The van der Waals surface area contributed by atoms with Crippen LogP contribution in [0.25, 0.3) is 10.8 Å². The molecule has 0 spiro atoms. The summed E-state index contributed by atoms with van der Waals surface area (Å²) >= 11 is 1.47. The summed E-state index contributed by atoms with van der Waals surface area (Å²) in [5.41, 5.74) is 5.65. The lowest BCUT2D eigenvalue weighted by Crippen LogP contribution is -2.64. The van der Waals surface area contributed by atoms with Crippen molar-refractivity contribution in [2.45, 2.75) is 49.5 Å². The van der Waals surface area contributed by atoms with Gasteiger partial charge in [0.15, 0.2) is 0 Å². The van der Waals surface area contributed by atoms with E-state index in [1.54, 1.807) is 22.7 Å². The number of alkyl halides is 3. The number of carbonyl (C=O) groups is 1. The molecule has 1 aromatic carbocycles. The summed E-state index contributed by atoms with van der Waals surface area (Å²) in [4.78, 5) is 25.3. The Morgan fingerprint density at radius 1 is 1.26 bits per heavy atom. The Hall–Kier alpha value is -2.76. The van der Waals surface area contributed by atoms with Crippen LogP contribution in [0.15, 0.2) is 42.2 Å². The molecule has 1 saturated carbocycles. The highest BCUT2D eigenvalue weighted by Crippen LogP contribution is 2.41. The number of fused-ring (bicyclic) bond motifs is 1. The predicted molar refractivity (Wildman–Crippen MR) is 127 cm³/mol. The van der Waals surface area contributed by atoms with Gasteiger partial charge in [0.05, 0.1) is 28.5 Å². The number of benzene rings is 1. The Bertz CT molecular complexity index is 1210. The van der Waals surface area contributed by atoms with Crippen LogP contribution >= 0.6 is 11.3 Å². The predicted octanol–water partition coefficient (Wildman–Crippen LogP) is 3.52. The van der Waals surface area contributed by atoms with Gasteiger partial charge in [-0.15, -0.1) is 11.3 Å². The number of nitrogens with two attached hydrogens (primary N) is 1. The van der Waals surface area contributed by atoms with Crippen LogP contribution in [0.5, 0.6) is 0 Å². The van der Waals surface area contributed by atoms with Gasteiger partial charge in [-0.05, 0) is 49.3 Å². The number of amides is 1. The maximum absolute atomic E-state index is 13.4. The molecule has 3 aromatic rings. The van der Waals surface area contributed by atoms with Crippen LogP contribution in [-0.4, -0.2) is 57.6 Å². The van der Waals surface area contributed by atoms with Crippen molar-refractivity contribution in [3.05, 3.63) is 52.6 Å². The van der Waals surface area contributed by atoms with E-state index in [0.717, 1.165) is 29.9 Å². The van der Waals surface area contributed by atoms with Gasteiger partial charge in [-0.3, -0.25) is 14.7 Å². The van der Waals surface area contributed by atoms with E-state index < -0.39 is 23.2 Å². The zero-order chi connectivity index (χ0) is 24.8. The molecule has 11 heteroatoms. The number of nitrogens with zero attached hydrogens (tertiary/aromatic N) is 4. The highest BCUT2D eigenvalue weighted by molar-refractivity contribution is 7.09. The molecular formula is C24H26F3N5O2S. The summed E-state index contributed by atoms with van der Waals surface area (Å²) in [6.07, 6.45) is 1.75. The number of pyridine rings is 1. The summed E-state index contributed by atoms with van der Waals surface area (Å²) in [7, 11) is 0. The van der Waals surface area contributed by atoms with Crippen LogP contribution in [0.4, 0.5) is 19.0 Å². The lowest BCUT2D eigenvalue weighted by molar-refractivity contribution is -0.137. The van der Waals surface area contributed by atoms with Crippen molar-refractivity contribution < 1.29 is 23.1 Å². The summed E-state index contributed by atoms with van der Waals surface area (Å²) in [6, 6.07) is 5.41. The number of thiazole rings is 1. The standard InChI is InChI=1S/C24H26F3N5O2S/c25-24(26,27)16-2-1-15-5-8-30-22(19(15)9-16)32(13-21(28)33)18-11-31(12-18)17-3-6-23(34,7-4-17)20-10-29-14-35-20/h1-2,5,8-10,14,17-18,34H,3-4,6-7,11-13H2,(H2,28,33). The van der Waals surface area contributed by atoms with Gasteiger partial charge in [0.2, 0.25) is 5.91 Å². The van der Waals surface area contributed by atoms with Crippen molar-refractivity contribution >= 4 is 33.8 Å². The number of anilines is 1. The quantitative estimate of drug-likeness (QED) is 0.532. The molecule has 7 nitrogen and oxygen atoms in total. The molecule has 0 atom stereocenters. The number of hydrogen-bond donors (Lipinski definition) is 2. The SMILES string of the molecule is NC(=O)CN(c1nccc2ccc(C(F)(F)F)cc12)C1CN(C2CCC(O)(c3cncs3)CC2)C1. The molecule has 2 fully saturated rings. The molecule has 1 amide bonds. The summed E-state index contributed by atoms with van der Waals surface area (Å²) in [5, 5.41) is 12.0. The third-order valence-electron chi connectivity index (χ3n) is 7.19. The van der Waals surface area contributed by atoms with E-state index in [1.165, 1.54) is 23.6 Å². The molecule has 35 heavy (non-hydrogen) atoms. The second kappa shape index (κ2) is 9.03. The van der Waals surface area contributed by atoms with E-state index in [9.17, 15) is 23.1 Å². The van der Waals surface area contributed by atoms with E-state index in [4.69, 9.17) is 5.73 Å². The van der Waals surface area contributed by atoms with Crippen LogP contribution in [-0.2, 0) is 16.6 Å². The number of aromatic nitrogens is 2. The van der Waals surface area contributed by atoms with Gasteiger partial charge in [-0.2, -0.15) is 13.2 Å². The van der Waals surface area contributed by atoms with Crippen LogP contribution in [0.1, 0.15) is 36.1 Å². The summed E-state index contributed by atoms with van der Waals surface area (Å²) in [5.74, 6) is -0.234. The van der Waals surface area contributed by atoms with Crippen molar-refractivity contribution in [1.82, 2.24) is 14.9 Å². The maximum atomic E-state index is 13.4. The number of likely N-dealkylation sites (tertiary alicyclic amines) is 1. The van der Waals surface area contributed by atoms with E-state index in [1.807, 2.05) is 0 Å². The first kappa shape index (κ1) is 24.0. The third kappa shape index (κ3) is 4.72. The first-order valence-corrected chi connectivity index (χ1v) is 12.4. The molecular weight excluding hydrogens is 479 g/mol. The second-order valence-corrected chi connectivity index (χ2v) is 10.3. The Kier molecular flexibility index (Phi) is 6.18. The fourth-order valence-electron chi connectivity index (χ4n) is 5.22. The average Bonchev–Trinajstić information content (AvgIpc) is 3.33. The fourth-order valence-corrected chi connectivity index (χ4v) is 6.00. The lowest BCUT2D eigenvalue weighted by atomic mass is 9.80. The number of halogens is 3. The molecule has 0 bridgehead atoms. The second-order valence-electron chi connectivity index (χ2n) is 9.40. The van der Waals surface area contributed by atoms with Crippen LogP contribution in [0, 0.1) is 0 Å². The summed E-state index contributed by atoms with van der Waals surface area (Å²) in [6.45, 7) is 1.17. The molecule has 2 aliphatic rings. The zero-order valence-corrected chi connectivity index (χ0v) is 19.7. The van der Waals surface area contributed by atoms with E-state index in [-0.39, 0.29) is 12.6 Å². The normalized spacial score (nSPS) is 23.8. The maximum Gasteiger partial charge on any atom is 0.416 e. The average molecular weight is 506 g/mol. The molecule has 3 N–H and O–H groups in total. The first-order chi connectivity index (χ1) is 16.6. The molecule has 3 heterocycles. The molecule has 1 aliphatic heterocycles. The molecule has 5 rings (SSSR count). The Morgan fingerprint density at radius 3 is 2.63 bits per heavy atom. The third-order valence-corrected chi connectivity index (χ3v) is 8.16. The molecule has 0 radical (unpaired) electrons. The zero-order valence-electron chi connectivity index (χ0n) is 18.9. The Morgan fingerprint density at radius 2 is 2.00 bits per heavy atom. The highest BCUT2D eigenvalue weighted by Gasteiger charge is 2.42. The summed E-state index contributed by atoms with van der Waals surface area (Å²) < 4.78 is 40.1. The molecule has 1 aliphatic carbocycles. The van der Waals surface area contributed by atoms with Crippen LogP contribution in [0.2, 0.25) is 0 Å². The topological polar surface area (TPSA) is 95.6 Å².